The Labute approximate surface area is 103 Å². The summed E-state index contributed by atoms with van der Waals surface area (Å²) < 4.78 is 37.5. The number of hydrogen-bond acceptors (Lipinski definition) is 3. The van der Waals surface area contributed by atoms with Gasteiger partial charge in [-0.3, -0.25) is 4.79 Å². The lowest BCUT2D eigenvalue weighted by molar-refractivity contribution is -0.0885. The lowest BCUT2D eigenvalue weighted by atomic mass is 10.1. The number of nitrogens with zero attached hydrogens (tertiary/aromatic N) is 2. The third-order valence-corrected chi connectivity index (χ3v) is 2.94. The van der Waals surface area contributed by atoms with Crippen molar-refractivity contribution in [1.82, 2.24) is 4.98 Å². The molecule has 0 amide bonds. The maximum absolute atomic E-state index is 12.5. The number of Topliss-reactive ketones (excluding diaryl/α,β-unsaturated/α-hetero) is 1. The Morgan fingerprint density at radius 3 is 2.50 bits per heavy atom. The van der Waals surface area contributed by atoms with Gasteiger partial charge in [0.1, 0.15) is 5.82 Å². The first-order chi connectivity index (χ1) is 8.50. The van der Waals surface area contributed by atoms with Crippen LogP contribution in [0, 0.1) is 0 Å². The first-order valence-electron chi connectivity index (χ1n) is 5.81. The summed E-state index contributed by atoms with van der Waals surface area (Å²) in [4.78, 5) is 17.0. The number of rotatable bonds is 2. The Morgan fingerprint density at radius 2 is 1.89 bits per heavy atom. The van der Waals surface area contributed by atoms with Crippen LogP contribution in [0.1, 0.15) is 29.6 Å². The highest BCUT2D eigenvalue weighted by Crippen LogP contribution is 2.28. The quantitative estimate of drug-likeness (QED) is 0.765. The highest BCUT2D eigenvalue weighted by Gasteiger charge is 2.41. The van der Waals surface area contributed by atoms with Crippen molar-refractivity contribution in [2.45, 2.75) is 25.4 Å². The summed E-state index contributed by atoms with van der Waals surface area (Å²) in [7, 11) is 0. The summed E-state index contributed by atoms with van der Waals surface area (Å²) in [5.74, 6) is -1.67. The van der Waals surface area contributed by atoms with Crippen LogP contribution in [0.4, 0.5) is 19.0 Å². The molecule has 0 aliphatic carbocycles. The Morgan fingerprint density at radius 1 is 1.22 bits per heavy atom. The van der Waals surface area contributed by atoms with Crippen LogP contribution in [-0.2, 0) is 0 Å². The van der Waals surface area contributed by atoms with Crippen LogP contribution in [0.5, 0.6) is 0 Å². The molecule has 3 nitrogen and oxygen atoms in total. The van der Waals surface area contributed by atoms with E-state index in [4.69, 9.17) is 0 Å². The minimum absolute atomic E-state index is 0.152. The Kier molecular flexibility index (Phi) is 3.54. The highest BCUT2D eigenvalue weighted by molar-refractivity contribution is 6.04. The lowest BCUT2D eigenvalue weighted by Gasteiger charge is -2.29. The van der Waals surface area contributed by atoms with Gasteiger partial charge in [0.05, 0.1) is 5.56 Å². The Balaban J connectivity index is 2.33. The zero-order valence-corrected chi connectivity index (χ0v) is 9.70. The molecule has 1 aromatic rings. The maximum atomic E-state index is 12.5. The van der Waals surface area contributed by atoms with Crippen LogP contribution >= 0.6 is 0 Å². The van der Waals surface area contributed by atoms with Crippen LogP contribution in [0.25, 0.3) is 0 Å². The second kappa shape index (κ2) is 4.96. The van der Waals surface area contributed by atoms with E-state index in [2.05, 4.69) is 4.98 Å². The number of anilines is 1. The number of carbonyl (C=O) groups excluding carboxylic acids is 1. The minimum Gasteiger partial charge on any atom is -0.356 e. The molecule has 2 rings (SSSR count). The predicted octanol–water partition coefficient (Wildman–Crippen LogP) is 2.82. The van der Waals surface area contributed by atoms with Crippen LogP contribution in [0.3, 0.4) is 0 Å². The molecule has 1 aliphatic heterocycles. The normalized spacial score (nSPS) is 16.7. The first kappa shape index (κ1) is 12.9. The number of alkyl halides is 3. The third-order valence-electron chi connectivity index (χ3n) is 2.94. The van der Waals surface area contributed by atoms with E-state index in [9.17, 15) is 18.0 Å². The SMILES string of the molecule is O=C(c1cccnc1N1CCCCC1)C(F)(F)F. The van der Waals surface area contributed by atoms with Crippen molar-refractivity contribution in [3.8, 4) is 0 Å². The van der Waals surface area contributed by atoms with E-state index in [-0.39, 0.29) is 11.4 Å². The molecule has 1 saturated heterocycles. The Bertz CT molecular complexity index is 439. The van der Waals surface area contributed by atoms with Crippen molar-refractivity contribution in [3.05, 3.63) is 23.9 Å². The van der Waals surface area contributed by atoms with E-state index < -0.39 is 12.0 Å². The first-order valence-corrected chi connectivity index (χ1v) is 5.81. The molecule has 0 N–H and O–H groups in total. The lowest BCUT2D eigenvalue weighted by Crippen LogP contribution is -2.33. The third kappa shape index (κ3) is 2.63. The summed E-state index contributed by atoms with van der Waals surface area (Å²) in [5, 5.41) is 0. The molecule has 1 aromatic heterocycles. The largest absolute Gasteiger partial charge is 0.455 e. The van der Waals surface area contributed by atoms with Gasteiger partial charge in [0.15, 0.2) is 0 Å². The molecule has 1 fully saturated rings. The van der Waals surface area contributed by atoms with Crippen molar-refractivity contribution in [2.75, 3.05) is 18.0 Å². The van der Waals surface area contributed by atoms with Gasteiger partial charge in [0, 0.05) is 19.3 Å². The average molecular weight is 258 g/mol. The molecule has 0 spiro atoms. The van der Waals surface area contributed by atoms with Crippen LogP contribution < -0.4 is 4.90 Å². The molecule has 18 heavy (non-hydrogen) atoms. The molecule has 0 aromatic carbocycles. The van der Waals surface area contributed by atoms with E-state index in [1.54, 1.807) is 4.90 Å². The number of halogens is 3. The van der Waals surface area contributed by atoms with E-state index >= 15 is 0 Å². The Hall–Kier alpha value is -1.59. The van der Waals surface area contributed by atoms with Crippen molar-refractivity contribution in [2.24, 2.45) is 0 Å². The summed E-state index contributed by atoms with van der Waals surface area (Å²) >= 11 is 0. The number of hydrogen-bond donors (Lipinski definition) is 0. The predicted molar refractivity (Wildman–Crippen MR) is 60.7 cm³/mol. The smallest absolute Gasteiger partial charge is 0.356 e. The van der Waals surface area contributed by atoms with E-state index in [0.717, 1.165) is 19.3 Å². The molecular formula is C12H13F3N2O. The second-order valence-corrected chi connectivity index (χ2v) is 4.25. The fraction of sp³-hybridized carbons (Fsp3) is 0.500. The highest BCUT2D eigenvalue weighted by atomic mass is 19.4. The number of carbonyl (C=O) groups is 1. The molecular weight excluding hydrogens is 245 g/mol. The van der Waals surface area contributed by atoms with Gasteiger partial charge in [-0.2, -0.15) is 13.2 Å². The van der Waals surface area contributed by atoms with Crippen LogP contribution in [0.2, 0.25) is 0 Å². The molecule has 0 saturated carbocycles. The van der Waals surface area contributed by atoms with Gasteiger partial charge in [-0.25, -0.2) is 4.98 Å². The second-order valence-electron chi connectivity index (χ2n) is 4.25. The van der Waals surface area contributed by atoms with Crippen molar-refractivity contribution < 1.29 is 18.0 Å². The molecule has 6 heteroatoms. The van der Waals surface area contributed by atoms with Gasteiger partial charge in [0.2, 0.25) is 0 Å². The monoisotopic (exact) mass is 258 g/mol. The van der Waals surface area contributed by atoms with Gasteiger partial charge in [-0.1, -0.05) is 0 Å². The molecule has 2 heterocycles. The van der Waals surface area contributed by atoms with E-state index in [1.807, 2.05) is 0 Å². The maximum Gasteiger partial charge on any atom is 0.455 e. The van der Waals surface area contributed by atoms with Crippen molar-refractivity contribution in [1.29, 1.82) is 0 Å². The molecule has 0 atom stereocenters. The van der Waals surface area contributed by atoms with E-state index in [0.29, 0.717) is 13.1 Å². The number of aromatic nitrogens is 1. The summed E-state index contributed by atoms with van der Waals surface area (Å²) in [6.45, 7) is 1.30. The number of ketones is 1. The summed E-state index contributed by atoms with van der Waals surface area (Å²) in [6.07, 6.45) is -0.553. The van der Waals surface area contributed by atoms with Gasteiger partial charge in [0.25, 0.3) is 5.78 Å². The zero-order chi connectivity index (χ0) is 13.2. The fourth-order valence-corrected chi connectivity index (χ4v) is 2.08. The summed E-state index contributed by atoms with van der Waals surface area (Å²) in [6, 6.07) is 2.54. The van der Waals surface area contributed by atoms with Crippen LogP contribution in [0.15, 0.2) is 18.3 Å². The fourth-order valence-electron chi connectivity index (χ4n) is 2.08. The van der Waals surface area contributed by atoms with Gasteiger partial charge < -0.3 is 4.90 Å². The molecule has 0 radical (unpaired) electrons. The number of piperidine rings is 1. The van der Waals surface area contributed by atoms with Gasteiger partial charge >= 0.3 is 6.18 Å². The van der Waals surface area contributed by atoms with Crippen molar-refractivity contribution in [3.63, 3.8) is 0 Å². The zero-order valence-electron chi connectivity index (χ0n) is 9.70. The molecule has 98 valence electrons. The average Bonchev–Trinajstić information content (AvgIpc) is 2.38. The number of pyridine rings is 1. The topological polar surface area (TPSA) is 33.2 Å². The van der Waals surface area contributed by atoms with Crippen LogP contribution in [-0.4, -0.2) is 30.0 Å². The van der Waals surface area contributed by atoms with E-state index in [1.165, 1.54) is 18.3 Å². The van der Waals surface area contributed by atoms with Gasteiger partial charge in [-0.05, 0) is 31.4 Å². The molecule has 1 aliphatic rings. The van der Waals surface area contributed by atoms with Crippen molar-refractivity contribution >= 4 is 11.6 Å². The molecule has 0 bridgehead atoms. The molecule has 0 unspecified atom stereocenters. The van der Waals surface area contributed by atoms with Gasteiger partial charge in [-0.15, -0.1) is 0 Å². The minimum atomic E-state index is -4.85. The summed E-state index contributed by atoms with van der Waals surface area (Å²) in [5.41, 5.74) is -0.355. The standard InChI is InChI=1S/C12H13F3N2O/c13-12(14,15)10(18)9-5-4-6-16-11(9)17-7-2-1-3-8-17/h4-6H,1-3,7-8H2.